The summed E-state index contributed by atoms with van der Waals surface area (Å²) < 4.78 is 0. The molecule has 6 rings (SSSR count). The summed E-state index contributed by atoms with van der Waals surface area (Å²) in [7, 11) is 0. The van der Waals surface area contributed by atoms with E-state index in [-0.39, 0.29) is 6.71 Å². The Hall–Kier alpha value is -4.82. The van der Waals surface area contributed by atoms with E-state index in [4.69, 9.17) is 0 Å². The molecule has 0 heterocycles. The normalized spacial score (nSPS) is 11.0. The lowest BCUT2D eigenvalue weighted by Gasteiger charge is -2.30. The molecule has 0 bridgehead atoms. The van der Waals surface area contributed by atoms with Crippen molar-refractivity contribution in [2.75, 3.05) is 4.90 Å². The second kappa shape index (κ2) is 12.4. The molecule has 0 saturated carbocycles. The number of hydrogen-bond donors (Lipinski definition) is 0. The molecule has 0 radical (unpaired) electrons. The first kappa shape index (κ1) is 29.3. The maximum Gasteiger partial charge on any atom is 0.243 e. The van der Waals surface area contributed by atoms with Gasteiger partial charge in [-0.15, -0.1) is 0 Å². The van der Waals surface area contributed by atoms with Gasteiger partial charge < -0.3 is 4.90 Å². The molecule has 0 amide bonds. The van der Waals surface area contributed by atoms with Crippen LogP contribution in [0.3, 0.4) is 0 Å². The third-order valence-electron chi connectivity index (χ3n) is 8.79. The zero-order valence-electron chi connectivity index (χ0n) is 26.7. The fraction of sp³-hybridized carbons (Fsp3) is 0.143. The van der Waals surface area contributed by atoms with E-state index in [0.717, 1.165) is 17.1 Å². The SMILES string of the molecule is Cc1cc(C)c(B(c2ccccc2-c2ccccc2N(c2ccccc2)c2ccccc2)c2c(C)cc(C)cc2C)c(C)c1. The third kappa shape index (κ3) is 5.61. The highest BCUT2D eigenvalue weighted by atomic mass is 15.1. The molecule has 0 aliphatic rings. The molecule has 44 heavy (non-hydrogen) atoms. The van der Waals surface area contributed by atoms with Crippen LogP contribution in [-0.4, -0.2) is 6.71 Å². The Morgan fingerprint density at radius 2 is 0.795 bits per heavy atom. The molecular weight excluding hydrogens is 529 g/mol. The molecule has 6 aromatic carbocycles. The van der Waals surface area contributed by atoms with Crippen LogP contribution in [0.2, 0.25) is 0 Å². The lowest BCUT2D eigenvalue weighted by molar-refractivity contribution is 1.28. The predicted molar refractivity (Wildman–Crippen MR) is 193 cm³/mol. The fourth-order valence-electron chi connectivity index (χ4n) is 7.22. The average molecular weight is 570 g/mol. The van der Waals surface area contributed by atoms with Gasteiger partial charge in [0, 0.05) is 16.9 Å². The van der Waals surface area contributed by atoms with Gasteiger partial charge in [0.2, 0.25) is 6.71 Å². The largest absolute Gasteiger partial charge is 0.310 e. The Labute approximate surface area is 263 Å². The van der Waals surface area contributed by atoms with Crippen molar-refractivity contribution in [3.63, 3.8) is 0 Å². The van der Waals surface area contributed by atoms with Crippen molar-refractivity contribution >= 4 is 40.2 Å². The Morgan fingerprint density at radius 1 is 0.409 bits per heavy atom. The van der Waals surface area contributed by atoms with E-state index >= 15 is 0 Å². The summed E-state index contributed by atoms with van der Waals surface area (Å²) in [5.41, 5.74) is 18.0. The van der Waals surface area contributed by atoms with Crippen LogP contribution in [-0.2, 0) is 0 Å². The summed E-state index contributed by atoms with van der Waals surface area (Å²) in [5.74, 6) is 0. The van der Waals surface area contributed by atoms with Gasteiger partial charge in [0.05, 0.1) is 5.69 Å². The highest BCUT2D eigenvalue weighted by Crippen LogP contribution is 2.40. The van der Waals surface area contributed by atoms with Gasteiger partial charge in [-0.3, -0.25) is 0 Å². The van der Waals surface area contributed by atoms with Gasteiger partial charge >= 0.3 is 0 Å². The maximum atomic E-state index is 2.38. The zero-order chi connectivity index (χ0) is 30.8. The number of aryl methyl sites for hydroxylation is 6. The maximum absolute atomic E-state index is 2.38. The topological polar surface area (TPSA) is 3.24 Å². The molecule has 0 saturated heterocycles. The van der Waals surface area contributed by atoms with Crippen molar-refractivity contribution in [1.29, 1.82) is 0 Å². The van der Waals surface area contributed by atoms with Crippen molar-refractivity contribution in [2.24, 2.45) is 0 Å². The van der Waals surface area contributed by atoms with Gasteiger partial charge in [-0.05, 0) is 77.4 Å². The predicted octanol–water partition coefficient (Wildman–Crippen LogP) is 9.19. The monoisotopic (exact) mass is 569 g/mol. The van der Waals surface area contributed by atoms with Crippen LogP contribution < -0.4 is 21.3 Å². The van der Waals surface area contributed by atoms with Gasteiger partial charge in [-0.25, -0.2) is 0 Å². The summed E-state index contributed by atoms with van der Waals surface area (Å²) in [6.45, 7) is 13.6. The molecule has 6 aromatic rings. The summed E-state index contributed by atoms with van der Waals surface area (Å²) in [5, 5.41) is 0. The first-order chi connectivity index (χ1) is 21.3. The van der Waals surface area contributed by atoms with Gasteiger partial charge in [0.25, 0.3) is 0 Å². The number of para-hydroxylation sites is 3. The molecule has 0 atom stereocenters. The minimum absolute atomic E-state index is 0.0855. The van der Waals surface area contributed by atoms with Gasteiger partial charge in [-0.1, -0.05) is 153 Å². The van der Waals surface area contributed by atoms with Crippen LogP contribution in [0.25, 0.3) is 11.1 Å². The molecular formula is C42H40BN. The van der Waals surface area contributed by atoms with Crippen molar-refractivity contribution < 1.29 is 0 Å². The molecule has 1 nitrogen and oxygen atoms in total. The minimum atomic E-state index is 0.0855. The summed E-state index contributed by atoms with van der Waals surface area (Å²) in [4.78, 5) is 2.38. The average Bonchev–Trinajstić information content (AvgIpc) is 3.01. The number of rotatable bonds is 7. The van der Waals surface area contributed by atoms with Crippen molar-refractivity contribution in [3.05, 3.63) is 167 Å². The van der Waals surface area contributed by atoms with E-state index in [0.29, 0.717) is 0 Å². The van der Waals surface area contributed by atoms with Crippen molar-refractivity contribution in [2.45, 2.75) is 41.5 Å². The van der Waals surface area contributed by atoms with Gasteiger partial charge in [-0.2, -0.15) is 0 Å². The molecule has 0 aliphatic carbocycles. The van der Waals surface area contributed by atoms with Crippen LogP contribution in [0.4, 0.5) is 17.1 Å². The Bertz CT molecular complexity index is 1780. The number of benzene rings is 6. The molecule has 0 aliphatic heterocycles. The van der Waals surface area contributed by atoms with E-state index in [2.05, 4.69) is 180 Å². The van der Waals surface area contributed by atoms with E-state index in [9.17, 15) is 0 Å². The minimum Gasteiger partial charge on any atom is -0.310 e. The van der Waals surface area contributed by atoms with Crippen LogP contribution in [0.15, 0.2) is 133 Å². The first-order valence-electron chi connectivity index (χ1n) is 15.6. The Balaban J connectivity index is 1.65. The molecule has 216 valence electrons. The zero-order valence-corrected chi connectivity index (χ0v) is 26.7. The summed E-state index contributed by atoms with van der Waals surface area (Å²) >= 11 is 0. The van der Waals surface area contributed by atoms with E-state index in [1.54, 1.807) is 0 Å². The van der Waals surface area contributed by atoms with Crippen molar-refractivity contribution in [3.8, 4) is 11.1 Å². The molecule has 0 N–H and O–H groups in total. The summed E-state index contributed by atoms with van der Waals surface area (Å²) in [6, 6.07) is 48.7. The second-order valence-corrected chi connectivity index (χ2v) is 12.2. The first-order valence-corrected chi connectivity index (χ1v) is 15.6. The third-order valence-corrected chi connectivity index (χ3v) is 8.79. The van der Waals surface area contributed by atoms with E-state index in [1.165, 1.54) is 60.9 Å². The smallest absolute Gasteiger partial charge is 0.243 e. The van der Waals surface area contributed by atoms with E-state index < -0.39 is 0 Å². The number of anilines is 3. The van der Waals surface area contributed by atoms with Crippen LogP contribution in [0.5, 0.6) is 0 Å². The molecule has 0 aromatic heterocycles. The molecule has 0 spiro atoms. The van der Waals surface area contributed by atoms with Crippen molar-refractivity contribution in [1.82, 2.24) is 0 Å². The standard InChI is InChI=1S/C42H40BN/c1-29-25-31(3)41(32(4)26-29)43(42-33(5)27-30(2)28-34(42)6)39-23-15-13-21-37(39)38-22-14-16-24-40(38)44(35-17-9-7-10-18-35)36-19-11-8-12-20-36/h7-28H,1-6H3. The Kier molecular flexibility index (Phi) is 8.26. The van der Waals surface area contributed by atoms with Crippen LogP contribution in [0.1, 0.15) is 33.4 Å². The lowest BCUT2D eigenvalue weighted by Crippen LogP contribution is -2.56. The molecule has 0 fully saturated rings. The van der Waals surface area contributed by atoms with E-state index in [1.807, 2.05) is 0 Å². The van der Waals surface area contributed by atoms with Gasteiger partial charge in [0.1, 0.15) is 0 Å². The molecule has 2 heteroatoms. The quantitative estimate of drug-likeness (QED) is 0.173. The highest BCUT2D eigenvalue weighted by Gasteiger charge is 2.31. The highest BCUT2D eigenvalue weighted by molar-refractivity contribution is 6.97. The van der Waals surface area contributed by atoms with Crippen LogP contribution in [0, 0.1) is 41.5 Å². The molecule has 0 unspecified atom stereocenters. The summed E-state index contributed by atoms with van der Waals surface area (Å²) in [6.07, 6.45) is 0. The number of nitrogens with zero attached hydrogens (tertiary/aromatic N) is 1. The van der Waals surface area contributed by atoms with Gasteiger partial charge in [0.15, 0.2) is 0 Å². The Morgan fingerprint density at radius 3 is 1.27 bits per heavy atom. The fourth-order valence-corrected chi connectivity index (χ4v) is 7.22. The number of hydrogen-bond acceptors (Lipinski definition) is 1. The van der Waals surface area contributed by atoms with Crippen LogP contribution >= 0.6 is 0 Å². The second-order valence-electron chi connectivity index (χ2n) is 12.2. The lowest BCUT2D eigenvalue weighted by atomic mass is 9.33.